The van der Waals surface area contributed by atoms with Gasteiger partial charge >= 0.3 is 0 Å². The quantitative estimate of drug-likeness (QED) is 0.265. The van der Waals surface area contributed by atoms with Crippen LogP contribution in [-0.2, 0) is 9.53 Å². The number of ether oxygens (including phenoxy) is 1. The molecule has 0 aliphatic carbocycles. The van der Waals surface area contributed by atoms with Crippen LogP contribution in [-0.4, -0.2) is 63.6 Å². The van der Waals surface area contributed by atoms with Gasteiger partial charge in [-0.05, 0) is 65.9 Å². The number of rotatable bonds is 6. The number of aromatic nitrogens is 4. The Bertz CT molecular complexity index is 1710. The molecule has 1 atom stereocenters. The molecule has 9 heteroatoms. The molecule has 2 aliphatic heterocycles. The highest BCUT2D eigenvalue weighted by atomic mass is 16.5. The molecule has 42 heavy (non-hydrogen) atoms. The molecule has 2 aromatic heterocycles. The standard InChI is InChI=1S/C33H33N7O2/c1-22(41)40-14-2-3-31(40)33-34-20-30(38-33)24-6-4-23(5-7-24)25-8-13-29-28(19-25)32(36-21-35-29)37-26-9-11-27(12-10-26)39-15-17-42-18-16-39/h4-13,19-21,31H,2-3,14-18H2,1H3,(H,34,38)(H,35,36,37). The lowest BCUT2D eigenvalue weighted by Crippen LogP contribution is -2.36. The number of carbonyl (C=O) groups is 1. The van der Waals surface area contributed by atoms with Crippen molar-refractivity contribution in [2.24, 2.45) is 0 Å². The first-order chi connectivity index (χ1) is 20.6. The number of hydrogen-bond donors (Lipinski definition) is 2. The summed E-state index contributed by atoms with van der Waals surface area (Å²) in [6.45, 7) is 5.78. The van der Waals surface area contributed by atoms with Gasteiger partial charge < -0.3 is 24.8 Å². The number of likely N-dealkylation sites (tertiary alicyclic amines) is 1. The van der Waals surface area contributed by atoms with Crippen LogP contribution in [0.5, 0.6) is 0 Å². The van der Waals surface area contributed by atoms with Crippen molar-refractivity contribution in [2.75, 3.05) is 43.1 Å². The molecule has 2 fully saturated rings. The Morgan fingerprint density at radius 3 is 2.45 bits per heavy atom. The number of amides is 1. The van der Waals surface area contributed by atoms with Gasteiger partial charge in [-0.25, -0.2) is 15.0 Å². The van der Waals surface area contributed by atoms with E-state index in [1.54, 1.807) is 13.3 Å². The number of anilines is 3. The predicted octanol–water partition coefficient (Wildman–Crippen LogP) is 5.95. The number of nitrogens with one attached hydrogen (secondary N) is 2. The topological polar surface area (TPSA) is 99.3 Å². The zero-order valence-electron chi connectivity index (χ0n) is 23.6. The minimum Gasteiger partial charge on any atom is -0.378 e. The van der Waals surface area contributed by atoms with E-state index in [0.29, 0.717) is 0 Å². The summed E-state index contributed by atoms with van der Waals surface area (Å²) in [4.78, 5) is 33.4. The molecule has 9 nitrogen and oxygen atoms in total. The summed E-state index contributed by atoms with van der Waals surface area (Å²) in [5.41, 5.74) is 7.25. The molecule has 2 aliphatic rings. The van der Waals surface area contributed by atoms with E-state index >= 15 is 0 Å². The Hall–Kier alpha value is -4.76. The highest BCUT2D eigenvalue weighted by Gasteiger charge is 2.30. The highest BCUT2D eigenvalue weighted by Crippen LogP contribution is 2.33. The maximum Gasteiger partial charge on any atom is 0.220 e. The van der Waals surface area contributed by atoms with Gasteiger partial charge in [0.1, 0.15) is 18.0 Å². The van der Waals surface area contributed by atoms with Crippen molar-refractivity contribution in [3.8, 4) is 22.4 Å². The third-order valence-electron chi connectivity index (χ3n) is 8.24. The predicted molar refractivity (Wildman–Crippen MR) is 165 cm³/mol. The van der Waals surface area contributed by atoms with Crippen LogP contribution in [0.15, 0.2) is 79.3 Å². The van der Waals surface area contributed by atoms with Crippen LogP contribution in [0.3, 0.4) is 0 Å². The molecule has 1 amide bonds. The molecule has 3 aromatic carbocycles. The normalized spacial score (nSPS) is 17.1. The van der Waals surface area contributed by atoms with E-state index in [9.17, 15) is 4.79 Å². The minimum absolute atomic E-state index is 0.0286. The number of nitrogens with zero attached hydrogens (tertiary/aromatic N) is 5. The molecule has 0 radical (unpaired) electrons. The van der Waals surface area contributed by atoms with Crippen LogP contribution in [0.1, 0.15) is 31.6 Å². The molecule has 0 spiro atoms. The summed E-state index contributed by atoms with van der Waals surface area (Å²) in [7, 11) is 0. The lowest BCUT2D eigenvalue weighted by Gasteiger charge is -2.28. The van der Waals surface area contributed by atoms with Crippen LogP contribution in [0.4, 0.5) is 17.2 Å². The molecule has 2 N–H and O–H groups in total. The first-order valence-corrected chi connectivity index (χ1v) is 14.5. The van der Waals surface area contributed by atoms with Crippen molar-refractivity contribution in [2.45, 2.75) is 25.8 Å². The molecule has 212 valence electrons. The fourth-order valence-electron chi connectivity index (χ4n) is 5.97. The zero-order chi connectivity index (χ0) is 28.5. The monoisotopic (exact) mass is 559 g/mol. The van der Waals surface area contributed by atoms with Gasteiger partial charge in [0.25, 0.3) is 0 Å². The van der Waals surface area contributed by atoms with E-state index in [1.807, 2.05) is 17.2 Å². The lowest BCUT2D eigenvalue weighted by atomic mass is 10.0. The fourth-order valence-corrected chi connectivity index (χ4v) is 5.97. The van der Waals surface area contributed by atoms with Crippen LogP contribution in [0.25, 0.3) is 33.3 Å². The number of benzene rings is 3. The van der Waals surface area contributed by atoms with Crippen molar-refractivity contribution < 1.29 is 9.53 Å². The Balaban J connectivity index is 1.10. The van der Waals surface area contributed by atoms with Gasteiger partial charge in [-0.1, -0.05) is 30.3 Å². The van der Waals surface area contributed by atoms with Gasteiger partial charge in [-0.3, -0.25) is 4.79 Å². The van der Waals surface area contributed by atoms with Gasteiger partial charge in [0.2, 0.25) is 5.91 Å². The molecule has 4 heterocycles. The lowest BCUT2D eigenvalue weighted by molar-refractivity contribution is -0.129. The maximum absolute atomic E-state index is 12.0. The summed E-state index contributed by atoms with van der Waals surface area (Å²) >= 11 is 0. The summed E-state index contributed by atoms with van der Waals surface area (Å²) in [6.07, 6.45) is 5.40. The molecule has 1 unspecified atom stereocenters. The van der Waals surface area contributed by atoms with Crippen LogP contribution in [0, 0.1) is 0 Å². The van der Waals surface area contributed by atoms with E-state index < -0.39 is 0 Å². The number of H-pyrrole nitrogens is 1. The summed E-state index contributed by atoms with van der Waals surface area (Å²) in [5.74, 6) is 1.72. The Morgan fingerprint density at radius 2 is 1.67 bits per heavy atom. The Kier molecular flexibility index (Phi) is 7.01. The second-order valence-corrected chi connectivity index (χ2v) is 10.9. The van der Waals surface area contributed by atoms with E-state index in [2.05, 4.69) is 90.8 Å². The minimum atomic E-state index is 0.0286. The van der Waals surface area contributed by atoms with E-state index in [1.165, 1.54) is 5.69 Å². The largest absolute Gasteiger partial charge is 0.378 e. The fraction of sp³-hybridized carbons (Fsp3) is 0.273. The summed E-state index contributed by atoms with van der Waals surface area (Å²) < 4.78 is 5.48. The van der Waals surface area contributed by atoms with Gasteiger partial charge in [-0.2, -0.15) is 0 Å². The third-order valence-corrected chi connectivity index (χ3v) is 8.24. The van der Waals surface area contributed by atoms with Crippen LogP contribution in [0.2, 0.25) is 0 Å². The number of hydrogen-bond acceptors (Lipinski definition) is 7. The number of carbonyl (C=O) groups excluding carboxylic acids is 1. The van der Waals surface area contributed by atoms with Crippen molar-refractivity contribution >= 4 is 34.0 Å². The molecule has 0 bridgehead atoms. The third kappa shape index (κ3) is 5.19. The number of imidazole rings is 1. The first kappa shape index (κ1) is 26.2. The van der Waals surface area contributed by atoms with E-state index in [0.717, 1.165) is 96.3 Å². The molecular weight excluding hydrogens is 526 g/mol. The smallest absolute Gasteiger partial charge is 0.220 e. The van der Waals surface area contributed by atoms with Crippen molar-refractivity contribution in [1.82, 2.24) is 24.8 Å². The number of fused-ring (bicyclic) bond motifs is 1. The highest BCUT2D eigenvalue weighted by molar-refractivity contribution is 5.94. The summed E-state index contributed by atoms with van der Waals surface area (Å²) in [5, 5.41) is 4.45. The van der Waals surface area contributed by atoms with Gasteiger partial charge in [0.15, 0.2) is 0 Å². The molecule has 0 saturated carbocycles. The first-order valence-electron chi connectivity index (χ1n) is 14.5. The average molecular weight is 560 g/mol. The van der Waals surface area contributed by atoms with Crippen molar-refractivity contribution in [3.63, 3.8) is 0 Å². The zero-order valence-corrected chi connectivity index (χ0v) is 23.6. The number of aromatic amines is 1. The second-order valence-electron chi connectivity index (χ2n) is 10.9. The van der Waals surface area contributed by atoms with Gasteiger partial charge in [0, 0.05) is 43.3 Å². The maximum atomic E-state index is 12.0. The van der Waals surface area contributed by atoms with Crippen LogP contribution >= 0.6 is 0 Å². The number of morpholine rings is 1. The molecule has 2 saturated heterocycles. The van der Waals surface area contributed by atoms with E-state index in [-0.39, 0.29) is 11.9 Å². The van der Waals surface area contributed by atoms with Gasteiger partial charge in [0.05, 0.1) is 36.7 Å². The molecular formula is C33H33N7O2. The molecule has 5 aromatic rings. The summed E-state index contributed by atoms with van der Waals surface area (Å²) in [6, 6.07) is 23.2. The van der Waals surface area contributed by atoms with E-state index in [4.69, 9.17) is 4.74 Å². The Labute approximate surface area is 244 Å². The Morgan fingerprint density at radius 1 is 0.905 bits per heavy atom. The van der Waals surface area contributed by atoms with Crippen LogP contribution < -0.4 is 10.2 Å². The molecule has 7 rings (SSSR count). The van der Waals surface area contributed by atoms with Gasteiger partial charge in [-0.15, -0.1) is 0 Å². The SMILES string of the molecule is CC(=O)N1CCCC1c1ncc(-c2ccc(-c3ccc4ncnc(Nc5ccc(N6CCOCC6)cc5)c4c3)cc2)[nH]1. The second kappa shape index (κ2) is 11.3. The average Bonchev–Trinajstić information content (AvgIpc) is 3.73. The van der Waals surface area contributed by atoms with Crippen molar-refractivity contribution in [3.05, 3.63) is 85.1 Å². The van der Waals surface area contributed by atoms with Crippen molar-refractivity contribution in [1.29, 1.82) is 0 Å².